The van der Waals surface area contributed by atoms with Gasteiger partial charge in [0.25, 0.3) is 0 Å². The number of unbranched alkanes of at least 4 members (excludes halogenated alkanes) is 11. The molecule has 0 aliphatic heterocycles. The zero-order chi connectivity index (χ0) is 22.3. The van der Waals surface area contributed by atoms with Crippen molar-refractivity contribution in [2.24, 2.45) is 5.73 Å². The Morgan fingerprint density at radius 2 is 1.34 bits per heavy atom. The molecule has 172 valence electrons. The van der Waals surface area contributed by atoms with Crippen molar-refractivity contribution in [2.45, 2.75) is 95.6 Å². The molecular formula is C22H45N3O4. The summed E-state index contributed by atoms with van der Waals surface area (Å²) in [4.78, 5) is 23.8. The van der Waals surface area contributed by atoms with Crippen molar-refractivity contribution in [1.82, 2.24) is 5.32 Å². The minimum atomic E-state index is -2.44. The van der Waals surface area contributed by atoms with Gasteiger partial charge in [-0.1, -0.05) is 77.6 Å². The maximum Gasteiger partial charge on any atom is 0.248 e. The lowest BCUT2D eigenvalue weighted by Crippen LogP contribution is -2.72. The quantitative estimate of drug-likeness (QED) is 0.177. The molecule has 0 aromatic carbocycles. The summed E-state index contributed by atoms with van der Waals surface area (Å²) in [5, 5.41) is 24.2. The van der Waals surface area contributed by atoms with Gasteiger partial charge in [0.05, 0.1) is 27.1 Å². The van der Waals surface area contributed by atoms with E-state index in [-0.39, 0.29) is 11.0 Å². The lowest BCUT2D eigenvalue weighted by molar-refractivity contribution is -0.873. The maximum atomic E-state index is 12.3. The highest BCUT2D eigenvalue weighted by molar-refractivity contribution is 6.06. The van der Waals surface area contributed by atoms with Crippen molar-refractivity contribution in [2.75, 3.05) is 34.2 Å². The Morgan fingerprint density at radius 3 is 1.72 bits per heavy atom. The van der Waals surface area contributed by atoms with Gasteiger partial charge in [0.1, 0.15) is 12.6 Å². The van der Waals surface area contributed by atoms with Crippen LogP contribution in [0, 0.1) is 0 Å². The summed E-state index contributed by atoms with van der Waals surface area (Å²) in [5.41, 5.74) is 3.31. The third-order valence-electron chi connectivity index (χ3n) is 5.28. The van der Waals surface area contributed by atoms with Crippen LogP contribution in [0.3, 0.4) is 0 Å². The lowest BCUT2D eigenvalue weighted by Gasteiger charge is -2.37. The van der Waals surface area contributed by atoms with E-state index in [4.69, 9.17) is 5.73 Å². The Balaban J connectivity index is 3.96. The number of aliphatic hydroxyl groups excluding tert-OH is 1. The van der Waals surface area contributed by atoms with E-state index >= 15 is 0 Å². The SMILES string of the molecule is CCCCCCCCCCCCCCNC(=O)[C@](N)(C(=O)[O-])[C@@H](O)C[N+](C)(C)C. The van der Waals surface area contributed by atoms with Gasteiger partial charge in [-0.05, 0) is 6.42 Å². The number of aliphatic hydroxyl groups is 1. The Kier molecular flexibility index (Phi) is 14.1. The van der Waals surface area contributed by atoms with Gasteiger partial charge in [0.2, 0.25) is 5.91 Å². The summed E-state index contributed by atoms with van der Waals surface area (Å²) >= 11 is 0. The molecule has 0 unspecified atom stereocenters. The molecule has 0 heterocycles. The van der Waals surface area contributed by atoms with Gasteiger partial charge in [-0.25, -0.2) is 0 Å². The molecule has 0 spiro atoms. The van der Waals surface area contributed by atoms with Crippen LogP contribution in [0.5, 0.6) is 0 Å². The van der Waals surface area contributed by atoms with Gasteiger partial charge < -0.3 is 30.5 Å². The van der Waals surface area contributed by atoms with E-state index in [0.717, 1.165) is 19.3 Å². The molecule has 0 saturated carbocycles. The molecule has 0 fully saturated rings. The summed E-state index contributed by atoms with van der Waals surface area (Å²) < 4.78 is 0.277. The molecule has 4 N–H and O–H groups in total. The van der Waals surface area contributed by atoms with E-state index in [0.29, 0.717) is 6.54 Å². The summed E-state index contributed by atoms with van der Waals surface area (Å²) in [6.07, 6.45) is 13.0. The van der Waals surface area contributed by atoms with Gasteiger partial charge in [-0.2, -0.15) is 0 Å². The first-order chi connectivity index (χ1) is 13.6. The molecule has 29 heavy (non-hydrogen) atoms. The van der Waals surface area contributed by atoms with Crippen LogP contribution in [0.2, 0.25) is 0 Å². The number of amides is 1. The first-order valence-corrected chi connectivity index (χ1v) is 11.3. The van der Waals surface area contributed by atoms with Crippen LogP contribution in [0.25, 0.3) is 0 Å². The minimum Gasteiger partial charge on any atom is -0.547 e. The zero-order valence-electron chi connectivity index (χ0n) is 19.2. The van der Waals surface area contributed by atoms with Crippen molar-refractivity contribution >= 4 is 11.9 Å². The molecular weight excluding hydrogens is 370 g/mol. The fourth-order valence-corrected chi connectivity index (χ4v) is 3.36. The maximum absolute atomic E-state index is 12.3. The molecule has 0 aliphatic carbocycles. The summed E-state index contributed by atoms with van der Waals surface area (Å²) in [6.45, 7) is 2.60. The number of hydrogen-bond acceptors (Lipinski definition) is 5. The van der Waals surface area contributed by atoms with Crippen LogP contribution in [0.4, 0.5) is 0 Å². The summed E-state index contributed by atoms with van der Waals surface area (Å²) in [5.74, 6) is -2.65. The number of likely N-dealkylation sites (N-methyl/N-ethyl adjacent to an activating group) is 1. The third kappa shape index (κ3) is 12.2. The summed E-state index contributed by atoms with van der Waals surface area (Å²) in [7, 11) is 5.34. The largest absolute Gasteiger partial charge is 0.547 e. The molecule has 7 nitrogen and oxygen atoms in total. The Morgan fingerprint density at radius 1 is 0.931 bits per heavy atom. The second-order valence-electron chi connectivity index (χ2n) is 9.29. The molecule has 2 atom stereocenters. The van der Waals surface area contributed by atoms with Crippen molar-refractivity contribution < 1.29 is 24.3 Å². The molecule has 0 radical (unpaired) electrons. The number of nitrogens with one attached hydrogen (secondary N) is 1. The Bertz CT molecular complexity index is 465. The third-order valence-corrected chi connectivity index (χ3v) is 5.28. The second-order valence-corrected chi connectivity index (χ2v) is 9.29. The van der Waals surface area contributed by atoms with Crippen LogP contribution in [-0.4, -0.2) is 67.3 Å². The molecule has 1 amide bonds. The molecule has 0 rings (SSSR count). The number of quaternary nitrogens is 1. The van der Waals surface area contributed by atoms with Crippen molar-refractivity contribution in [1.29, 1.82) is 0 Å². The average molecular weight is 416 g/mol. The highest BCUT2D eigenvalue weighted by Crippen LogP contribution is 2.13. The first-order valence-electron chi connectivity index (χ1n) is 11.3. The molecule has 0 aromatic heterocycles. The van der Waals surface area contributed by atoms with Gasteiger partial charge in [0, 0.05) is 6.54 Å². The van der Waals surface area contributed by atoms with E-state index in [9.17, 15) is 19.8 Å². The highest BCUT2D eigenvalue weighted by atomic mass is 16.4. The Labute approximate surface area is 177 Å². The van der Waals surface area contributed by atoms with Crippen molar-refractivity contribution in [3.63, 3.8) is 0 Å². The van der Waals surface area contributed by atoms with Crippen molar-refractivity contribution in [3.05, 3.63) is 0 Å². The smallest absolute Gasteiger partial charge is 0.248 e. The average Bonchev–Trinajstić information content (AvgIpc) is 2.62. The fraction of sp³-hybridized carbons (Fsp3) is 0.909. The number of nitrogens with zero attached hydrogens (tertiary/aromatic N) is 1. The molecule has 0 aromatic rings. The van der Waals surface area contributed by atoms with Crippen LogP contribution < -0.4 is 16.2 Å². The number of carbonyl (C=O) groups excluding carboxylic acids is 2. The van der Waals surface area contributed by atoms with E-state index in [2.05, 4.69) is 12.2 Å². The minimum absolute atomic E-state index is 0.0243. The number of carbonyl (C=O) groups is 2. The number of carboxylic acids is 1. The van der Waals surface area contributed by atoms with Crippen LogP contribution >= 0.6 is 0 Å². The van der Waals surface area contributed by atoms with Gasteiger partial charge in [-0.15, -0.1) is 0 Å². The van der Waals surface area contributed by atoms with Crippen LogP contribution in [0.1, 0.15) is 84.0 Å². The molecule has 0 bridgehead atoms. The van der Waals surface area contributed by atoms with Gasteiger partial charge in [-0.3, -0.25) is 4.79 Å². The van der Waals surface area contributed by atoms with Gasteiger partial charge >= 0.3 is 0 Å². The summed E-state index contributed by atoms with van der Waals surface area (Å²) in [6, 6.07) is 0. The van der Waals surface area contributed by atoms with Crippen LogP contribution in [-0.2, 0) is 9.59 Å². The van der Waals surface area contributed by atoms with Gasteiger partial charge in [0.15, 0.2) is 5.54 Å². The Hall–Kier alpha value is -1.18. The van der Waals surface area contributed by atoms with E-state index in [1.165, 1.54) is 57.8 Å². The number of rotatable bonds is 18. The number of carboxylic acid groups (broad SMARTS) is 1. The topological polar surface area (TPSA) is 115 Å². The molecule has 0 saturated heterocycles. The molecule has 0 aliphatic rings. The van der Waals surface area contributed by atoms with E-state index in [1.54, 1.807) is 21.1 Å². The van der Waals surface area contributed by atoms with Crippen molar-refractivity contribution in [3.8, 4) is 0 Å². The normalized spacial score (nSPS) is 15.0. The monoisotopic (exact) mass is 415 g/mol. The van der Waals surface area contributed by atoms with E-state index in [1.807, 2.05) is 0 Å². The lowest BCUT2D eigenvalue weighted by atomic mass is 9.91. The number of nitrogens with two attached hydrogens (primary N) is 1. The predicted octanol–water partition coefficient (Wildman–Crippen LogP) is 1.32. The second kappa shape index (κ2) is 14.7. The van der Waals surface area contributed by atoms with Crippen LogP contribution in [0.15, 0.2) is 0 Å². The first kappa shape index (κ1) is 27.8. The standard InChI is InChI=1S/C22H45N3O4/c1-5-6-7-8-9-10-11-12-13-14-15-16-17-24-20(27)22(23,21(28)29)19(26)18-25(2,3)4/h19,26H,5-18,23H2,1-4H3,(H-,24,27,28,29)/t19-,22-/m0/s1. The predicted molar refractivity (Wildman–Crippen MR) is 115 cm³/mol. The van der Waals surface area contributed by atoms with E-state index < -0.39 is 23.5 Å². The zero-order valence-corrected chi connectivity index (χ0v) is 19.2. The highest BCUT2D eigenvalue weighted by Gasteiger charge is 2.45. The number of aliphatic carboxylic acids is 1. The molecule has 7 heteroatoms. The fourth-order valence-electron chi connectivity index (χ4n) is 3.36. The number of hydrogen-bond donors (Lipinski definition) is 3.